The first kappa shape index (κ1) is 13.8. The summed E-state index contributed by atoms with van der Waals surface area (Å²) >= 11 is 0. The first-order valence-electron chi connectivity index (χ1n) is 7.09. The molecule has 2 N–H and O–H groups in total. The number of fused-ring (bicyclic) bond motifs is 1. The smallest absolute Gasteiger partial charge is 0.298 e. The Balaban J connectivity index is 1.94. The van der Waals surface area contributed by atoms with E-state index in [-0.39, 0.29) is 5.69 Å². The van der Waals surface area contributed by atoms with Gasteiger partial charge in [0.25, 0.3) is 11.7 Å². The molecule has 0 radical (unpaired) electrons. The van der Waals surface area contributed by atoms with E-state index < -0.39 is 4.92 Å². The van der Waals surface area contributed by atoms with Crippen LogP contribution in [0.5, 0.6) is 0 Å². The summed E-state index contributed by atoms with van der Waals surface area (Å²) in [5.41, 5.74) is 6.53. The third-order valence-corrected chi connectivity index (χ3v) is 4.27. The highest BCUT2D eigenvalue weighted by atomic mass is 16.6. The molecule has 2 aromatic rings. The Morgan fingerprint density at radius 2 is 2.38 bits per heavy atom. The monoisotopic (exact) mass is 290 g/mol. The van der Waals surface area contributed by atoms with Gasteiger partial charge in [-0.1, -0.05) is 13.0 Å². The SMILES string of the molecule is CC1CCN(c2nc3c([N+](=O)[O-])cccc3o2)CC1CN. The molecule has 3 rings (SSSR count). The van der Waals surface area contributed by atoms with Crippen LogP contribution in [0.15, 0.2) is 22.6 Å². The molecule has 7 nitrogen and oxygen atoms in total. The van der Waals surface area contributed by atoms with Crippen molar-refractivity contribution >= 4 is 22.8 Å². The lowest BCUT2D eigenvalue weighted by molar-refractivity contribution is -0.383. The fourth-order valence-corrected chi connectivity index (χ4v) is 2.83. The number of nitro groups is 1. The van der Waals surface area contributed by atoms with E-state index in [0.29, 0.717) is 35.5 Å². The van der Waals surface area contributed by atoms with Crippen LogP contribution in [0.3, 0.4) is 0 Å². The fourth-order valence-electron chi connectivity index (χ4n) is 2.83. The molecule has 21 heavy (non-hydrogen) atoms. The van der Waals surface area contributed by atoms with Gasteiger partial charge in [0.05, 0.1) is 4.92 Å². The van der Waals surface area contributed by atoms with E-state index >= 15 is 0 Å². The van der Waals surface area contributed by atoms with E-state index in [1.807, 2.05) is 4.90 Å². The average Bonchev–Trinajstić information content (AvgIpc) is 2.91. The summed E-state index contributed by atoms with van der Waals surface area (Å²) in [4.78, 5) is 17.0. The second kappa shape index (κ2) is 5.33. The van der Waals surface area contributed by atoms with Crippen LogP contribution in [0.4, 0.5) is 11.7 Å². The van der Waals surface area contributed by atoms with Crippen molar-refractivity contribution in [3.8, 4) is 0 Å². The van der Waals surface area contributed by atoms with Crippen LogP contribution in [-0.2, 0) is 0 Å². The van der Waals surface area contributed by atoms with Gasteiger partial charge >= 0.3 is 0 Å². The van der Waals surface area contributed by atoms with Crippen LogP contribution in [-0.4, -0.2) is 29.5 Å². The minimum absolute atomic E-state index is 0.0248. The predicted molar refractivity (Wildman–Crippen MR) is 79.2 cm³/mol. The zero-order valence-corrected chi connectivity index (χ0v) is 11.9. The van der Waals surface area contributed by atoms with Crippen molar-refractivity contribution < 1.29 is 9.34 Å². The first-order chi connectivity index (χ1) is 10.1. The van der Waals surface area contributed by atoms with E-state index in [4.69, 9.17) is 10.2 Å². The summed E-state index contributed by atoms with van der Waals surface area (Å²) in [7, 11) is 0. The standard InChI is InChI=1S/C14H18N4O3/c1-9-5-6-17(8-10(9)7-15)14-16-13-11(18(19)20)3-2-4-12(13)21-14/h2-4,9-10H,5-8,15H2,1H3. The Labute approximate surface area is 121 Å². The number of benzene rings is 1. The van der Waals surface area contributed by atoms with Gasteiger partial charge in [0.1, 0.15) is 0 Å². The molecule has 1 saturated heterocycles. The molecular formula is C14H18N4O3. The lowest BCUT2D eigenvalue weighted by Gasteiger charge is -2.35. The van der Waals surface area contributed by atoms with Crippen molar-refractivity contribution in [3.05, 3.63) is 28.3 Å². The molecule has 1 aromatic heterocycles. The minimum atomic E-state index is -0.435. The van der Waals surface area contributed by atoms with Gasteiger partial charge in [-0.3, -0.25) is 10.1 Å². The summed E-state index contributed by atoms with van der Waals surface area (Å²) in [6.45, 7) is 4.43. The van der Waals surface area contributed by atoms with Crippen LogP contribution in [0.1, 0.15) is 13.3 Å². The number of para-hydroxylation sites is 1. The van der Waals surface area contributed by atoms with Gasteiger partial charge < -0.3 is 15.1 Å². The molecule has 112 valence electrons. The molecule has 2 atom stereocenters. The highest BCUT2D eigenvalue weighted by Gasteiger charge is 2.28. The largest absolute Gasteiger partial charge is 0.423 e. The fraction of sp³-hybridized carbons (Fsp3) is 0.500. The molecule has 2 unspecified atom stereocenters. The number of aromatic nitrogens is 1. The maximum Gasteiger partial charge on any atom is 0.298 e. The average molecular weight is 290 g/mol. The Morgan fingerprint density at radius 1 is 1.57 bits per heavy atom. The van der Waals surface area contributed by atoms with Crippen molar-refractivity contribution in [2.45, 2.75) is 13.3 Å². The normalized spacial score (nSPS) is 22.7. The first-order valence-corrected chi connectivity index (χ1v) is 7.09. The number of nitrogens with two attached hydrogens (primary N) is 1. The van der Waals surface area contributed by atoms with Gasteiger partial charge in [-0.15, -0.1) is 0 Å². The number of anilines is 1. The highest BCUT2D eigenvalue weighted by Crippen LogP contribution is 2.32. The van der Waals surface area contributed by atoms with E-state index in [9.17, 15) is 10.1 Å². The molecule has 0 spiro atoms. The van der Waals surface area contributed by atoms with Gasteiger partial charge in [-0.2, -0.15) is 4.98 Å². The van der Waals surface area contributed by atoms with E-state index in [1.54, 1.807) is 12.1 Å². The van der Waals surface area contributed by atoms with Crippen LogP contribution < -0.4 is 10.6 Å². The topological polar surface area (TPSA) is 98.4 Å². The predicted octanol–water partition coefficient (Wildman–Crippen LogP) is 2.16. The second-order valence-corrected chi connectivity index (χ2v) is 5.59. The molecule has 2 heterocycles. The molecule has 0 bridgehead atoms. The van der Waals surface area contributed by atoms with Gasteiger partial charge in [0, 0.05) is 19.2 Å². The molecule has 0 amide bonds. The quantitative estimate of drug-likeness (QED) is 0.687. The highest BCUT2D eigenvalue weighted by molar-refractivity contribution is 5.84. The third kappa shape index (κ3) is 2.44. The van der Waals surface area contributed by atoms with Gasteiger partial charge in [0.2, 0.25) is 0 Å². The Bertz CT molecular complexity index is 669. The van der Waals surface area contributed by atoms with Crippen molar-refractivity contribution in [1.82, 2.24) is 4.98 Å². The lowest BCUT2D eigenvalue weighted by Crippen LogP contribution is -2.42. The Morgan fingerprint density at radius 3 is 3.10 bits per heavy atom. The van der Waals surface area contributed by atoms with Crippen LogP contribution in [0.2, 0.25) is 0 Å². The molecule has 1 aliphatic rings. The summed E-state index contributed by atoms with van der Waals surface area (Å²) in [6, 6.07) is 5.20. The molecular weight excluding hydrogens is 272 g/mol. The number of non-ortho nitro benzene ring substituents is 1. The van der Waals surface area contributed by atoms with Gasteiger partial charge in [0.15, 0.2) is 11.1 Å². The third-order valence-electron chi connectivity index (χ3n) is 4.27. The molecule has 0 saturated carbocycles. The van der Waals surface area contributed by atoms with Crippen LogP contribution >= 0.6 is 0 Å². The zero-order valence-electron chi connectivity index (χ0n) is 11.9. The van der Waals surface area contributed by atoms with Crippen molar-refractivity contribution in [2.24, 2.45) is 17.6 Å². The van der Waals surface area contributed by atoms with E-state index in [2.05, 4.69) is 11.9 Å². The molecule has 7 heteroatoms. The van der Waals surface area contributed by atoms with Crippen molar-refractivity contribution in [2.75, 3.05) is 24.5 Å². The number of nitro benzene ring substituents is 1. The number of rotatable bonds is 3. The van der Waals surface area contributed by atoms with E-state index in [1.165, 1.54) is 6.07 Å². The molecule has 1 aliphatic heterocycles. The van der Waals surface area contributed by atoms with Crippen molar-refractivity contribution in [3.63, 3.8) is 0 Å². The maximum absolute atomic E-state index is 11.0. The summed E-state index contributed by atoms with van der Waals surface area (Å²) < 4.78 is 5.70. The van der Waals surface area contributed by atoms with Crippen LogP contribution in [0.25, 0.3) is 11.1 Å². The summed E-state index contributed by atoms with van der Waals surface area (Å²) in [6.07, 6.45) is 1.02. The van der Waals surface area contributed by atoms with E-state index in [0.717, 1.165) is 19.5 Å². The van der Waals surface area contributed by atoms with Gasteiger partial charge in [-0.05, 0) is 30.9 Å². The lowest BCUT2D eigenvalue weighted by atomic mass is 9.87. The summed E-state index contributed by atoms with van der Waals surface area (Å²) in [5, 5.41) is 11.0. The zero-order chi connectivity index (χ0) is 15.0. The Kier molecular flexibility index (Phi) is 3.50. The molecule has 1 fully saturated rings. The number of hydrogen-bond acceptors (Lipinski definition) is 6. The number of nitrogens with zero attached hydrogens (tertiary/aromatic N) is 3. The molecule has 1 aromatic carbocycles. The van der Waals surface area contributed by atoms with Crippen LogP contribution in [0, 0.1) is 22.0 Å². The minimum Gasteiger partial charge on any atom is -0.423 e. The van der Waals surface area contributed by atoms with Crippen molar-refractivity contribution in [1.29, 1.82) is 0 Å². The number of piperidine rings is 1. The maximum atomic E-state index is 11.0. The summed E-state index contributed by atoms with van der Waals surface area (Å²) in [5.74, 6) is 0.966. The second-order valence-electron chi connectivity index (χ2n) is 5.59. The molecule has 0 aliphatic carbocycles. The Hall–Kier alpha value is -2.15. The number of oxazole rings is 1. The number of hydrogen-bond donors (Lipinski definition) is 1. The van der Waals surface area contributed by atoms with Gasteiger partial charge in [-0.25, -0.2) is 0 Å².